The van der Waals surface area contributed by atoms with Crippen LogP contribution in [-0.4, -0.2) is 17.0 Å². The van der Waals surface area contributed by atoms with E-state index in [-0.39, 0.29) is 17.4 Å². The molecule has 5 atom stereocenters. The molecule has 2 bridgehead atoms. The summed E-state index contributed by atoms with van der Waals surface area (Å²) in [6.07, 6.45) is 7.77. The molecule has 3 aliphatic rings. The molecule has 19 heavy (non-hydrogen) atoms. The van der Waals surface area contributed by atoms with Gasteiger partial charge in [-0.15, -0.1) is 0 Å². The average Bonchev–Trinajstić information content (AvgIpc) is 2.57. The number of rotatable bonds is 3. The van der Waals surface area contributed by atoms with Crippen molar-refractivity contribution in [1.29, 1.82) is 0 Å². The first kappa shape index (κ1) is 13.4. The molecule has 3 saturated carbocycles. The topological polar surface area (TPSA) is 37.3 Å². The van der Waals surface area contributed by atoms with Gasteiger partial charge in [-0.05, 0) is 43.9 Å². The van der Waals surface area contributed by atoms with E-state index in [9.17, 15) is 9.90 Å². The van der Waals surface area contributed by atoms with E-state index in [0.29, 0.717) is 17.6 Å². The van der Waals surface area contributed by atoms with Gasteiger partial charge in [-0.1, -0.05) is 31.9 Å². The van der Waals surface area contributed by atoms with Crippen molar-refractivity contribution >= 4 is 5.78 Å². The van der Waals surface area contributed by atoms with Crippen LogP contribution in [0.4, 0.5) is 0 Å². The van der Waals surface area contributed by atoms with Crippen LogP contribution >= 0.6 is 0 Å². The minimum Gasteiger partial charge on any atom is -0.392 e. The first-order valence-corrected chi connectivity index (χ1v) is 8.03. The van der Waals surface area contributed by atoms with Crippen molar-refractivity contribution in [2.75, 3.05) is 0 Å². The maximum Gasteiger partial charge on any atom is 0.140 e. The molecule has 2 nitrogen and oxygen atoms in total. The number of aliphatic hydroxyl groups excluding tert-OH is 1. The van der Waals surface area contributed by atoms with Crippen molar-refractivity contribution in [3.8, 4) is 0 Å². The zero-order valence-electron chi connectivity index (χ0n) is 12.0. The Labute approximate surface area is 116 Å². The van der Waals surface area contributed by atoms with Crippen LogP contribution in [0.5, 0.6) is 0 Å². The van der Waals surface area contributed by atoms with Gasteiger partial charge in [-0.25, -0.2) is 0 Å². The highest BCUT2D eigenvalue weighted by molar-refractivity contribution is 5.88. The fourth-order valence-electron chi connectivity index (χ4n) is 5.42. The third-order valence-electron chi connectivity index (χ3n) is 6.12. The maximum absolute atomic E-state index is 12.7. The molecule has 0 aromatic rings. The summed E-state index contributed by atoms with van der Waals surface area (Å²) in [5.74, 6) is 1.48. The molecule has 2 heteroatoms. The fourth-order valence-corrected chi connectivity index (χ4v) is 5.42. The van der Waals surface area contributed by atoms with Crippen LogP contribution in [0.25, 0.3) is 0 Å². The molecule has 106 valence electrons. The van der Waals surface area contributed by atoms with Crippen LogP contribution in [0.1, 0.15) is 58.3 Å². The Morgan fingerprint density at radius 1 is 1.42 bits per heavy atom. The van der Waals surface area contributed by atoms with Gasteiger partial charge in [-0.3, -0.25) is 4.79 Å². The summed E-state index contributed by atoms with van der Waals surface area (Å²) in [6, 6.07) is 0. The molecule has 0 aromatic heterocycles. The van der Waals surface area contributed by atoms with Gasteiger partial charge < -0.3 is 5.11 Å². The van der Waals surface area contributed by atoms with E-state index in [1.807, 2.05) is 0 Å². The number of ketones is 1. The molecule has 3 rings (SSSR count). The molecule has 0 aromatic carbocycles. The van der Waals surface area contributed by atoms with E-state index < -0.39 is 0 Å². The van der Waals surface area contributed by atoms with Crippen molar-refractivity contribution in [2.45, 2.75) is 64.4 Å². The minimum absolute atomic E-state index is 0.0723. The highest BCUT2D eigenvalue weighted by atomic mass is 16.3. The summed E-state index contributed by atoms with van der Waals surface area (Å²) < 4.78 is 0. The van der Waals surface area contributed by atoms with E-state index >= 15 is 0 Å². The highest BCUT2D eigenvalue weighted by Crippen LogP contribution is 2.65. The predicted molar refractivity (Wildman–Crippen MR) is 75.7 cm³/mol. The van der Waals surface area contributed by atoms with Crippen LogP contribution in [0.2, 0.25) is 0 Å². The van der Waals surface area contributed by atoms with Crippen LogP contribution in [0, 0.1) is 23.2 Å². The molecule has 0 radical (unpaired) electrons. The lowest BCUT2D eigenvalue weighted by molar-refractivity contribution is -0.144. The monoisotopic (exact) mass is 262 g/mol. The summed E-state index contributed by atoms with van der Waals surface area (Å²) in [5.41, 5.74) is 0.978. The summed E-state index contributed by atoms with van der Waals surface area (Å²) in [4.78, 5) is 12.7. The molecule has 0 aliphatic heterocycles. The molecule has 3 fully saturated rings. The molecular formula is C17H26O2. The maximum atomic E-state index is 12.7. The van der Waals surface area contributed by atoms with Gasteiger partial charge in [-0.2, -0.15) is 0 Å². The zero-order chi connectivity index (χ0) is 13.6. The Morgan fingerprint density at radius 3 is 2.95 bits per heavy atom. The van der Waals surface area contributed by atoms with E-state index in [4.69, 9.17) is 0 Å². The second kappa shape index (κ2) is 4.73. The van der Waals surface area contributed by atoms with Gasteiger partial charge in [0.1, 0.15) is 5.78 Å². The van der Waals surface area contributed by atoms with Gasteiger partial charge in [0.25, 0.3) is 0 Å². The summed E-state index contributed by atoms with van der Waals surface area (Å²) in [7, 11) is 0. The number of fused-ring (bicyclic) bond motifs is 1. The van der Waals surface area contributed by atoms with E-state index in [1.54, 1.807) is 0 Å². The Hall–Kier alpha value is -0.630. The molecular weight excluding hydrogens is 236 g/mol. The number of aliphatic hydroxyl groups is 1. The van der Waals surface area contributed by atoms with Crippen LogP contribution in [0.15, 0.2) is 12.2 Å². The molecule has 3 aliphatic carbocycles. The number of carbonyl (C=O) groups is 1. The third kappa shape index (κ3) is 1.68. The molecule has 0 unspecified atom stereocenters. The Morgan fingerprint density at radius 2 is 2.21 bits per heavy atom. The lowest BCUT2D eigenvalue weighted by Crippen LogP contribution is -2.49. The van der Waals surface area contributed by atoms with E-state index in [1.165, 1.54) is 18.4 Å². The number of hydrogen-bond donors (Lipinski definition) is 1. The Bertz CT molecular complexity index is 400. The van der Waals surface area contributed by atoms with Gasteiger partial charge in [0.15, 0.2) is 0 Å². The van der Waals surface area contributed by atoms with Crippen molar-refractivity contribution in [2.24, 2.45) is 23.2 Å². The van der Waals surface area contributed by atoms with Gasteiger partial charge in [0.2, 0.25) is 0 Å². The Kier molecular flexibility index (Phi) is 3.33. The minimum atomic E-state index is -0.322. The molecule has 1 spiro atoms. The van der Waals surface area contributed by atoms with E-state index in [2.05, 4.69) is 13.5 Å². The fraction of sp³-hybridized carbons (Fsp3) is 0.824. The number of unbranched alkanes of at least 4 members (excludes halogenated alkanes) is 1. The summed E-state index contributed by atoms with van der Waals surface area (Å²) in [5, 5.41) is 10.4. The molecule has 0 heterocycles. The number of hydrogen-bond acceptors (Lipinski definition) is 2. The summed E-state index contributed by atoms with van der Waals surface area (Å²) in [6.45, 7) is 6.52. The summed E-state index contributed by atoms with van der Waals surface area (Å²) >= 11 is 0. The van der Waals surface area contributed by atoms with Gasteiger partial charge >= 0.3 is 0 Å². The van der Waals surface area contributed by atoms with Gasteiger partial charge in [0, 0.05) is 17.8 Å². The second-order valence-electron chi connectivity index (χ2n) is 6.87. The van der Waals surface area contributed by atoms with Crippen molar-refractivity contribution in [1.82, 2.24) is 0 Å². The predicted octanol–water partition coefficient (Wildman–Crippen LogP) is 3.49. The van der Waals surface area contributed by atoms with Gasteiger partial charge in [0.05, 0.1) is 6.10 Å². The van der Waals surface area contributed by atoms with Crippen LogP contribution < -0.4 is 0 Å². The lowest BCUT2D eigenvalue weighted by Gasteiger charge is -2.46. The number of Topliss-reactive ketones (excluding diaryl/α,β-unsaturated/α-hetero) is 1. The molecule has 0 amide bonds. The quantitative estimate of drug-likeness (QED) is 0.791. The standard InChI is InChI=1S/C17H26O2/c1-3-4-6-13-12-8-9-15(19)17(13)10-5-7-14(18)16(17)11(12)2/h12-14,16,18H,2-10H2,1H3/t12-,13-,14-,16+,17+/m1/s1. The number of carbonyl (C=O) groups excluding carboxylic acids is 1. The first-order valence-electron chi connectivity index (χ1n) is 8.03. The van der Waals surface area contributed by atoms with Crippen molar-refractivity contribution in [3.05, 3.63) is 12.2 Å². The molecule has 0 saturated heterocycles. The SMILES string of the molecule is C=C1[C@H]2CCC(=O)[C@]3(CCC[C@@H](O)[C@H]13)[C@@H]2CCCC. The normalized spacial score (nSPS) is 45.4. The first-order chi connectivity index (χ1) is 9.13. The van der Waals surface area contributed by atoms with E-state index in [0.717, 1.165) is 38.5 Å². The van der Waals surface area contributed by atoms with Crippen molar-refractivity contribution in [3.63, 3.8) is 0 Å². The molecule has 1 N–H and O–H groups in total. The smallest absolute Gasteiger partial charge is 0.140 e. The van der Waals surface area contributed by atoms with Crippen LogP contribution in [0.3, 0.4) is 0 Å². The average molecular weight is 262 g/mol. The van der Waals surface area contributed by atoms with Crippen LogP contribution in [-0.2, 0) is 4.79 Å². The van der Waals surface area contributed by atoms with Crippen molar-refractivity contribution < 1.29 is 9.90 Å². The zero-order valence-corrected chi connectivity index (χ0v) is 12.0. The highest BCUT2D eigenvalue weighted by Gasteiger charge is 2.64. The largest absolute Gasteiger partial charge is 0.392 e. The Balaban J connectivity index is 2.01. The second-order valence-corrected chi connectivity index (χ2v) is 6.87. The third-order valence-corrected chi connectivity index (χ3v) is 6.12. The lowest BCUT2D eigenvalue weighted by atomic mass is 9.56.